The van der Waals surface area contributed by atoms with Crippen molar-refractivity contribution in [3.05, 3.63) is 80.6 Å². The molecule has 0 aliphatic carbocycles. The van der Waals surface area contributed by atoms with Crippen LogP contribution in [0.3, 0.4) is 0 Å². The number of nitrogens with one attached hydrogen (secondary N) is 1. The number of hydrogen-bond donors (Lipinski definition) is 1. The van der Waals surface area contributed by atoms with E-state index in [0.29, 0.717) is 5.75 Å². The van der Waals surface area contributed by atoms with Crippen LogP contribution in [0.4, 0.5) is 0 Å². The molecule has 0 aliphatic rings. The SMILES string of the molecule is COc1ccc(CSCC(=O)N/N=C\c2c(Br)c(C)n(-c3c(C)cccc3C)c2C)cc1. The quantitative estimate of drug-likeness (QED) is 0.302. The summed E-state index contributed by atoms with van der Waals surface area (Å²) in [4.78, 5) is 12.2. The predicted molar refractivity (Wildman–Crippen MR) is 137 cm³/mol. The Labute approximate surface area is 202 Å². The Kier molecular flexibility index (Phi) is 8.21. The third-order valence-corrected chi connectivity index (χ3v) is 7.33. The number of aryl methyl sites for hydroxylation is 2. The predicted octanol–water partition coefficient (Wildman–Crippen LogP) is 5.87. The number of amides is 1. The largest absolute Gasteiger partial charge is 0.497 e. The first kappa shape index (κ1) is 24.1. The molecule has 0 spiro atoms. The first-order valence-electron chi connectivity index (χ1n) is 10.3. The van der Waals surface area contributed by atoms with E-state index < -0.39 is 0 Å². The fraction of sp³-hybridized carbons (Fsp3) is 0.280. The van der Waals surface area contributed by atoms with E-state index in [9.17, 15) is 4.79 Å². The molecule has 32 heavy (non-hydrogen) atoms. The van der Waals surface area contributed by atoms with Crippen LogP contribution < -0.4 is 10.2 Å². The average molecular weight is 514 g/mol. The topological polar surface area (TPSA) is 55.6 Å². The summed E-state index contributed by atoms with van der Waals surface area (Å²) in [5.74, 6) is 1.80. The number of halogens is 1. The number of carbonyl (C=O) groups excluding carboxylic acids is 1. The van der Waals surface area contributed by atoms with Crippen molar-refractivity contribution in [3.8, 4) is 11.4 Å². The molecule has 0 saturated heterocycles. The van der Waals surface area contributed by atoms with Gasteiger partial charge in [-0.15, -0.1) is 11.8 Å². The maximum absolute atomic E-state index is 12.2. The number of nitrogens with zero attached hydrogens (tertiary/aromatic N) is 2. The second-order valence-electron chi connectivity index (χ2n) is 7.61. The van der Waals surface area contributed by atoms with Gasteiger partial charge in [0.05, 0.1) is 24.8 Å². The first-order chi connectivity index (χ1) is 15.3. The fourth-order valence-electron chi connectivity index (χ4n) is 3.65. The number of carbonyl (C=O) groups is 1. The van der Waals surface area contributed by atoms with Crippen LogP contribution in [-0.4, -0.2) is 29.6 Å². The Hall–Kier alpha value is -2.51. The molecule has 168 valence electrons. The summed E-state index contributed by atoms with van der Waals surface area (Å²) in [5.41, 5.74) is 10.5. The molecule has 1 N–H and O–H groups in total. The molecular formula is C25H28BrN3O2S. The van der Waals surface area contributed by atoms with E-state index in [-0.39, 0.29) is 5.91 Å². The van der Waals surface area contributed by atoms with Crippen LogP contribution in [0, 0.1) is 27.7 Å². The van der Waals surface area contributed by atoms with Gasteiger partial charge in [-0.2, -0.15) is 5.10 Å². The molecule has 0 fully saturated rings. The van der Waals surface area contributed by atoms with Crippen molar-refractivity contribution in [1.82, 2.24) is 9.99 Å². The average Bonchev–Trinajstić information content (AvgIpc) is 2.98. The van der Waals surface area contributed by atoms with Gasteiger partial charge in [-0.1, -0.05) is 30.3 Å². The summed E-state index contributed by atoms with van der Waals surface area (Å²) in [6, 6.07) is 14.2. The van der Waals surface area contributed by atoms with Crippen molar-refractivity contribution in [2.75, 3.05) is 12.9 Å². The van der Waals surface area contributed by atoms with Gasteiger partial charge in [0.2, 0.25) is 5.91 Å². The van der Waals surface area contributed by atoms with Gasteiger partial charge < -0.3 is 9.30 Å². The third-order valence-electron chi connectivity index (χ3n) is 5.32. The van der Waals surface area contributed by atoms with Gasteiger partial charge in [0.25, 0.3) is 0 Å². The molecule has 3 aromatic rings. The van der Waals surface area contributed by atoms with Crippen molar-refractivity contribution in [2.24, 2.45) is 5.10 Å². The molecule has 2 aromatic carbocycles. The van der Waals surface area contributed by atoms with Gasteiger partial charge in [0, 0.05) is 27.2 Å². The molecule has 0 radical (unpaired) electrons. The summed E-state index contributed by atoms with van der Waals surface area (Å²) < 4.78 is 8.38. The van der Waals surface area contributed by atoms with E-state index in [1.165, 1.54) is 16.8 Å². The molecule has 7 heteroatoms. The monoisotopic (exact) mass is 513 g/mol. The van der Waals surface area contributed by atoms with E-state index in [2.05, 4.69) is 76.9 Å². The maximum Gasteiger partial charge on any atom is 0.250 e. The fourth-order valence-corrected chi connectivity index (χ4v) is 5.00. The van der Waals surface area contributed by atoms with Crippen molar-refractivity contribution in [3.63, 3.8) is 0 Å². The van der Waals surface area contributed by atoms with Crippen LogP contribution >= 0.6 is 27.7 Å². The van der Waals surface area contributed by atoms with Crippen LogP contribution in [0.2, 0.25) is 0 Å². The molecule has 0 saturated carbocycles. The van der Waals surface area contributed by atoms with Crippen LogP contribution in [0.15, 0.2) is 52.0 Å². The molecule has 5 nitrogen and oxygen atoms in total. The summed E-state index contributed by atoms with van der Waals surface area (Å²) in [6.07, 6.45) is 1.71. The lowest BCUT2D eigenvalue weighted by Gasteiger charge is -2.15. The summed E-state index contributed by atoms with van der Waals surface area (Å²) in [5, 5.41) is 4.21. The maximum atomic E-state index is 12.2. The van der Waals surface area contributed by atoms with Gasteiger partial charge in [-0.25, -0.2) is 5.43 Å². The highest BCUT2D eigenvalue weighted by molar-refractivity contribution is 9.10. The molecule has 3 rings (SSSR count). The zero-order chi connectivity index (χ0) is 23.3. The Bertz CT molecular complexity index is 1120. The van der Waals surface area contributed by atoms with Crippen molar-refractivity contribution >= 4 is 39.8 Å². The van der Waals surface area contributed by atoms with Crippen molar-refractivity contribution in [1.29, 1.82) is 0 Å². The Morgan fingerprint density at radius 3 is 2.38 bits per heavy atom. The van der Waals surface area contributed by atoms with Crippen molar-refractivity contribution in [2.45, 2.75) is 33.4 Å². The number of para-hydroxylation sites is 1. The number of aromatic nitrogens is 1. The van der Waals surface area contributed by atoms with Gasteiger partial charge in [-0.05, 0) is 72.4 Å². The highest BCUT2D eigenvalue weighted by atomic mass is 79.9. The van der Waals surface area contributed by atoms with E-state index in [1.807, 2.05) is 24.3 Å². The molecule has 1 amide bonds. The number of methoxy groups -OCH3 is 1. The van der Waals surface area contributed by atoms with Gasteiger partial charge in [0.15, 0.2) is 0 Å². The lowest BCUT2D eigenvalue weighted by Crippen LogP contribution is -2.19. The van der Waals surface area contributed by atoms with E-state index in [0.717, 1.165) is 38.5 Å². The number of hydrogen-bond acceptors (Lipinski definition) is 4. The minimum Gasteiger partial charge on any atom is -0.497 e. The van der Waals surface area contributed by atoms with E-state index in [1.54, 1.807) is 25.1 Å². The molecular weight excluding hydrogens is 486 g/mol. The minimum absolute atomic E-state index is 0.126. The second kappa shape index (κ2) is 10.9. The Morgan fingerprint density at radius 1 is 1.09 bits per heavy atom. The lowest BCUT2D eigenvalue weighted by atomic mass is 10.1. The summed E-state index contributed by atoms with van der Waals surface area (Å²) in [7, 11) is 1.65. The normalized spacial score (nSPS) is 11.2. The molecule has 0 aliphatic heterocycles. The first-order valence-corrected chi connectivity index (χ1v) is 12.2. The minimum atomic E-state index is -0.126. The zero-order valence-corrected chi connectivity index (χ0v) is 21.4. The highest BCUT2D eigenvalue weighted by Crippen LogP contribution is 2.32. The Balaban J connectivity index is 1.63. The number of hydrazone groups is 1. The molecule has 1 aromatic heterocycles. The van der Waals surface area contributed by atoms with Crippen LogP contribution in [-0.2, 0) is 10.5 Å². The van der Waals surface area contributed by atoms with E-state index >= 15 is 0 Å². The van der Waals surface area contributed by atoms with Gasteiger partial charge in [-0.3, -0.25) is 4.79 Å². The standard InChI is InChI=1S/C25H28BrN3O2S/c1-16-7-6-8-17(2)25(16)29-18(3)22(24(26)19(29)4)13-27-28-23(30)15-32-14-20-9-11-21(31-5)12-10-20/h6-13H,14-15H2,1-5H3,(H,28,30)/b27-13-. The molecule has 1 heterocycles. The summed E-state index contributed by atoms with van der Waals surface area (Å²) in [6.45, 7) is 8.38. The van der Waals surface area contributed by atoms with Crippen LogP contribution in [0.1, 0.15) is 33.6 Å². The van der Waals surface area contributed by atoms with E-state index in [4.69, 9.17) is 4.74 Å². The number of rotatable bonds is 8. The number of ether oxygens (including phenoxy) is 1. The second-order valence-corrected chi connectivity index (χ2v) is 9.39. The molecule has 0 bridgehead atoms. The molecule has 0 unspecified atom stereocenters. The third kappa shape index (κ3) is 5.45. The smallest absolute Gasteiger partial charge is 0.250 e. The van der Waals surface area contributed by atoms with Gasteiger partial charge >= 0.3 is 0 Å². The van der Waals surface area contributed by atoms with Gasteiger partial charge in [0.1, 0.15) is 5.75 Å². The van der Waals surface area contributed by atoms with Crippen molar-refractivity contribution < 1.29 is 9.53 Å². The number of benzene rings is 2. The Morgan fingerprint density at radius 2 is 1.75 bits per heavy atom. The lowest BCUT2D eigenvalue weighted by molar-refractivity contribution is -0.118. The van der Waals surface area contributed by atoms with Crippen LogP contribution in [0.25, 0.3) is 5.69 Å². The summed E-state index contributed by atoms with van der Waals surface area (Å²) >= 11 is 5.25. The number of thioether (sulfide) groups is 1. The molecule has 0 atom stereocenters. The van der Waals surface area contributed by atoms with Crippen LogP contribution in [0.5, 0.6) is 5.75 Å². The highest BCUT2D eigenvalue weighted by Gasteiger charge is 2.18. The zero-order valence-electron chi connectivity index (χ0n) is 19.0.